The second-order valence-corrected chi connectivity index (χ2v) is 3.61. The van der Waals surface area contributed by atoms with Gasteiger partial charge in [-0.05, 0) is 11.3 Å². The lowest BCUT2D eigenvalue weighted by atomic mass is 10.6. The summed E-state index contributed by atoms with van der Waals surface area (Å²) in [5, 5.41) is 29.0. The third-order valence-electron chi connectivity index (χ3n) is 1.69. The number of aromatic nitrogens is 2. The number of nitrogens with zero attached hydrogens (tertiary/aromatic N) is 3. The molecule has 0 saturated carbocycles. The van der Waals surface area contributed by atoms with Crippen LogP contribution in [0.4, 0.5) is 5.00 Å². The van der Waals surface area contributed by atoms with Gasteiger partial charge in [0.1, 0.15) is 6.20 Å². The van der Waals surface area contributed by atoms with Crippen molar-refractivity contribution >= 4 is 16.3 Å². The molecule has 0 spiro atoms. The first-order valence-electron chi connectivity index (χ1n) is 3.80. The van der Waals surface area contributed by atoms with Gasteiger partial charge < -0.3 is 10.2 Å². The molecule has 15 heavy (non-hydrogen) atoms. The van der Waals surface area contributed by atoms with Crippen LogP contribution in [0.5, 0.6) is 11.8 Å². The van der Waals surface area contributed by atoms with Gasteiger partial charge in [0.25, 0.3) is 0 Å². The summed E-state index contributed by atoms with van der Waals surface area (Å²) >= 11 is 0.760. The summed E-state index contributed by atoms with van der Waals surface area (Å²) in [4.78, 5) is 13.5. The SMILES string of the molecule is O=[N+]([O-])c1cnc(-n2c(O)ccc2O)s1. The highest BCUT2D eigenvalue weighted by Crippen LogP contribution is 2.31. The number of hydrogen-bond donors (Lipinski definition) is 2. The van der Waals surface area contributed by atoms with Gasteiger partial charge in [0.05, 0.1) is 4.92 Å². The molecule has 0 aromatic carbocycles. The molecule has 0 bridgehead atoms. The number of hydrogen-bond acceptors (Lipinski definition) is 6. The fourth-order valence-corrected chi connectivity index (χ4v) is 1.81. The average molecular weight is 227 g/mol. The summed E-state index contributed by atoms with van der Waals surface area (Å²) in [6.45, 7) is 0. The Morgan fingerprint density at radius 1 is 1.40 bits per heavy atom. The van der Waals surface area contributed by atoms with E-state index in [2.05, 4.69) is 4.98 Å². The van der Waals surface area contributed by atoms with Crippen LogP contribution in [-0.2, 0) is 0 Å². The van der Waals surface area contributed by atoms with E-state index in [9.17, 15) is 20.3 Å². The summed E-state index contributed by atoms with van der Waals surface area (Å²) in [6.07, 6.45) is 1.07. The number of thiazole rings is 1. The first-order chi connectivity index (χ1) is 7.09. The highest BCUT2D eigenvalue weighted by Gasteiger charge is 2.16. The van der Waals surface area contributed by atoms with Crippen LogP contribution in [0.3, 0.4) is 0 Å². The van der Waals surface area contributed by atoms with Crippen molar-refractivity contribution in [2.24, 2.45) is 0 Å². The molecule has 2 rings (SSSR count). The molecule has 8 heteroatoms. The lowest BCUT2D eigenvalue weighted by Gasteiger charge is -1.99. The Hall–Kier alpha value is -2.09. The maximum absolute atomic E-state index is 10.4. The van der Waals surface area contributed by atoms with Gasteiger partial charge in [-0.3, -0.25) is 10.1 Å². The van der Waals surface area contributed by atoms with Crippen LogP contribution in [0.2, 0.25) is 0 Å². The summed E-state index contributed by atoms with van der Waals surface area (Å²) in [5.41, 5.74) is 0. The van der Waals surface area contributed by atoms with Crippen molar-refractivity contribution < 1.29 is 15.1 Å². The summed E-state index contributed by atoms with van der Waals surface area (Å²) < 4.78 is 1.01. The molecule has 78 valence electrons. The molecule has 0 aliphatic carbocycles. The molecule has 0 saturated heterocycles. The minimum Gasteiger partial charge on any atom is -0.494 e. The van der Waals surface area contributed by atoms with E-state index in [1.54, 1.807) is 0 Å². The molecule has 2 N–H and O–H groups in total. The third kappa shape index (κ3) is 1.50. The van der Waals surface area contributed by atoms with Crippen molar-refractivity contribution in [3.63, 3.8) is 0 Å². The summed E-state index contributed by atoms with van der Waals surface area (Å²) in [7, 11) is 0. The minimum absolute atomic E-state index is 0.140. The molecule has 0 aliphatic heterocycles. The van der Waals surface area contributed by atoms with E-state index >= 15 is 0 Å². The van der Waals surface area contributed by atoms with Gasteiger partial charge in [-0.2, -0.15) is 0 Å². The number of aromatic hydroxyl groups is 2. The Balaban J connectivity index is 2.50. The van der Waals surface area contributed by atoms with Gasteiger partial charge in [0, 0.05) is 12.1 Å². The highest BCUT2D eigenvalue weighted by molar-refractivity contribution is 7.17. The molecular formula is C7H5N3O4S. The maximum atomic E-state index is 10.4. The first-order valence-corrected chi connectivity index (χ1v) is 4.61. The predicted molar refractivity (Wildman–Crippen MR) is 51.4 cm³/mol. The zero-order valence-corrected chi connectivity index (χ0v) is 8.01. The van der Waals surface area contributed by atoms with Crippen molar-refractivity contribution in [2.75, 3.05) is 0 Å². The molecule has 0 atom stereocenters. The van der Waals surface area contributed by atoms with Crippen LogP contribution in [0.1, 0.15) is 0 Å². The van der Waals surface area contributed by atoms with Gasteiger partial charge in [-0.1, -0.05) is 0 Å². The van der Waals surface area contributed by atoms with Crippen LogP contribution in [0, 0.1) is 10.1 Å². The fraction of sp³-hybridized carbons (Fsp3) is 0. The Kier molecular flexibility index (Phi) is 2.05. The largest absolute Gasteiger partial charge is 0.494 e. The quantitative estimate of drug-likeness (QED) is 0.593. The molecule has 7 nitrogen and oxygen atoms in total. The molecule has 0 amide bonds. The molecule has 2 aromatic rings. The Morgan fingerprint density at radius 3 is 2.47 bits per heavy atom. The lowest BCUT2D eigenvalue weighted by molar-refractivity contribution is -0.380. The zero-order valence-electron chi connectivity index (χ0n) is 7.19. The minimum atomic E-state index is -0.585. The molecular weight excluding hydrogens is 222 g/mol. The first kappa shape index (κ1) is 9.46. The predicted octanol–water partition coefficient (Wildman–Crippen LogP) is 1.25. The van der Waals surface area contributed by atoms with E-state index in [-0.39, 0.29) is 21.9 Å². The maximum Gasteiger partial charge on any atom is 0.345 e. The van der Waals surface area contributed by atoms with E-state index < -0.39 is 4.92 Å². The smallest absolute Gasteiger partial charge is 0.345 e. The zero-order chi connectivity index (χ0) is 11.0. The van der Waals surface area contributed by atoms with Gasteiger partial charge in [0.2, 0.25) is 5.13 Å². The Labute approximate surface area is 87.0 Å². The van der Waals surface area contributed by atoms with Crippen LogP contribution < -0.4 is 0 Å². The number of nitro groups is 1. The summed E-state index contributed by atoms with van der Waals surface area (Å²) in [5.74, 6) is -0.450. The fourth-order valence-electron chi connectivity index (χ4n) is 1.06. The van der Waals surface area contributed by atoms with Gasteiger partial charge in [-0.15, -0.1) is 0 Å². The van der Waals surface area contributed by atoms with Crippen LogP contribution in [0.25, 0.3) is 5.13 Å². The molecule has 2 aromatic heterocycles. The highest BCUT2D eigenvalue weighted by atomic mass is 32.1. The van der Waals surface area contributed by atoms with Crippen molar-refractivity contribution in [3.8, 4) is 16.9 Å². The molecule has 0 unspecified atom stereocenters. The van der Waals surface area contributed by atoms with Crippen LogP contribution >= 0.6 is 11.3 Å². The second-order valence-electron chi connectivity index (χ2n) is 2.62. The van der Waals surface area contributed by atoms with E-state index in [1.807, 2.05) is 0 Å². The molecule has 0 fully saturated rings. The molecule has 2 heterocycles. The van der Waals surface area contributed by atoms with Gasteiger partial charge in [0.15, 0.2) is 11.8 Å². The monoisotopic (exact) mass is 227 g/mol. The number of rotatable bonds is 2. The van der Waals surface area contributed by atoms with Crippen molar-refractivity contribution in [1.29, 1.82) is 0 Å². The Bertz CT molecular complexity index is 499. The van der Waals surface area contributed by atoms with Crippen LogP contribution in [-0.4, -0.2) is 24.7 Å². The van der Waals surface area contributed by atoms with Gasteiger partial charge in [-0.25, -0.2) is 9.55 Å². The van der Waals surface area contributed by atoms with Crippen molar-refractivity contribution in [1.82, 2.24) is 9.55 Å². The van der Waals surface area contributed by atoms with Gasteiger partial charge >= 0.3 is 5.00 Å². The average Bonchev–Trinajstić information content (AvgIpc) is 2.73. The van der Waals surface area contributed by atoms with E-state index in [0.29, 0.717) is 0 Å². The lowest BCUT2D eigenvalue weighted by Crippen LogP contribution is -1.90. The van der Waals surface area contributed by atoms with E-state index in [4.69, 9.17) is 0 Å². The van der Waals surface area contributed by atoms with E-state index in [1.165, 1.54) is 12.1 Å². The Morgan fingerprint density at radius 2 is 2.00 bits per heavy atom. The van der Waals surface area contributed by atoms with E-state index in [0.717, 1.165) is 22.1 Å². The second kappa shape index (κ2) is 3.24. The third-order valence-corrected chi connectivity index (χ3v) is 2.63. The summed E-state index contributed by atoms with van der Waals surface area (Å²) in [6, 6.07) is 2.53. The standard InChI is InChI=1S/C7H5N3O4S/c11-4-1-2-5(12)9(4)7-8-3-6(15-7)10(13)14/h1-3,11-12H. The van der Waals surface area contributed by atoms with Crippen molar-refractivity contribution in [2.45, 2.75) is 0 Å². The topological polar surface area (TPSA) is 101 Å². The van der Waals surface area contributed by atoms with Crippen molar-refractivity contribution in [3.05, 3.63) is 28.4 Å². The normalized spacial score (nSPS) is 10.4. The van der Waals surface area contributed by atoms with Crippen LogP contribution in [0.15, 0.2) is 18.3 Å². The molecule has 0 aliphatic rings. The molecule has 0 radical (unpaired) electrons.